The monoisotopic (exact) mass is 264 g/mol. The van der Waals surface area contributed by atoms with Crippen molar-refractivity contribution in [3.63, 3.8) is 0 Å². The summed E-state index contributed by atoms with van der Waals surface area (Å²) in [5, 5.41) is 3.65. The molecule has 1 aromatic rings. The Bertz CT molecular complexity index is 385. The molecule has 0 fully saturated rings. The number of rotatable bonds is 4. The molecule has 0 spiro atoms. The molecule has 18 heavy (non-hydrogen) atoms. The molecule has 0 amide bonds. The fourth-order valence-corrected chi connectivity index (χ4v) is 4.11. The maximum absolute atomic E-state index is 4.41. The van der Waals surface area contributed by atoms with E-state index in [9.17, 15) is 0 Å². The van der Waals surface area contributed by atoms with E-state index in [0.29, 0.717) is 11.3 Å². The highest BCUT2D eigenvalue weighted by Crippen LogP contribution is 2.41. The van der Waals surface area contributed by atoms with Crippen LogP contribution in [-0.4, -0.2) is 24.2 Å². The first-order valence-electron chi connectivity index (χ1n) is 6.54. The maximum atomic E-state index is 4.41. The summed E-state index contributed by atoms with van der Waals surface area (Å²) in [6, 6.07) is 8.54. The average Bonchev–Trinajstić information content (AvgIpc) is 2.31. The second-order valence-corrected chi connectivity index (χ2v) is 8.25. The fraction of sp³-hybridized carbons (Fsp3) is 0.533. The van der Waals surface area contributed by atoms with Crippen LogP contribution in [0.15, 0.2) is 29.3 Å². The Morgan fingerprint density at radius 2 is 1.56 bits per heavy atom. The summed E-state index contributed by atoms with van der Waals surface area (Å²) in [5.74, 6) is 1.02. The molecular weight excluding hydrogens is 239 g/mol. The van der Waals surface area contributed by atoms with Crippen molar-refractivity contribution >= 4 is 13.9 Å². The number of hydrogen-bond donors (Lipinski definition) is 1. The Labute approximate surface area is 113 Å². The van der Waals surface area contributed by atoms with Crippen molar-refractivity contribution in [2.45, 2.75) is 45.9 Å². The van der Waals surface area contributed by atoms with Crippen LogP contribution in [0.25, 0.3) is 0 Å². The SMILES string of the molecule is CN=C(NP(C(C)C)C(C)C)c1ccc(C)cc1. The van der Waals surface area contributed by atoms with Crippen LogP contribution in [0.3, 0.4) is 0 Å². The molecule has 0 radical (unpaired) electrons. The van der Waals surface area contributed by atoms with Gasteiger partial charge in [-0.05, 0) is 26.3 Å². The maximum Gasteiger partial charge on any atom is 0.131 e. The van der Waals surface area contributed by atoms with Gasteiger partial charge in [0.25, 0.3) is 0 Å². The quantitative estimate of drug-likeness (QED) is 0.492. The molecule has 2 nitrogen and oxygen atoms in total. The Hall–Kier alpha value is -0.880. The van der Waals surface area contributed by atoms with Crippen molar-refractivity contribution in [3.05, 3.63) is 35.4 Å². The van der Waals surface area contributed by atoms with Gasteiger partial charge in [-0.2, -0.15) is 0 Å². The summed E-state index contributed by atoms with van der Waals surface area (Å²) in [6.45, 7) is 11.2. The molecule has 3 heteroatoms. The summed E-state index contributed by atoms with van der Waals surface area (Å²) < 4.78 is 0. The fourth-order valence-electron chi connectivity index (χ4n) is 1.93. The van der Waals surface area contributed by atoms with Gasteiger partial charge in [-0.3, -0.25) is 4.99 Å². The Morgan fingerprint density at radius 1 is 1.06 bits per heavy atom. The first-order valence-corrected chi connectivity index (χ1v) is 8.02. The van der Waals surface area contributed by atoms with Crippen molar-refractivity contribution in [1.29, 1.82) is 0 Å². The number of benzene rings is 1. The van der Waals surface area contributed by atoms with Crippen LogP contribution in [-0.2, 0) is 0 Å². The van der Waals surface area contributed by atoms with E-state index < -0.39 is 0 Å². The lowest BCUT2D eigenvalue weighted by atomic mass is 10.1. The first-order chi connectivity index (χ1) is 8.45. The minimum atomic E-state index is -0.236. The topological polar surface area (TPSA) is 24.4 Å². The van der Waals surface area contributed by atoms with Gasteiger partial charge in [0.2, 0.25) is 0 Å². The van der Waals surface area contributed by atoms with Gasteiger partial charge in [-0.25, -0.2) is 0 Å². The number of nitrogens with one attached hydrogen (secondary N) is 1. The number of amidine groups is 1. The summed E-state index contributed by atoms with van der Waals surface area (Å²) in [7, 11) is 1.62. The Balaban J connectivity index is 2.88. The van der Waals surface area contributed by atoms with Crippen molar-refractivity contribution in [2.24, 2.45) is 4.99 Å². The molecule has 0 aliphatic heterocycles. The summed E-state index contributed by atoms with van der Waals surface area (Å²) in [5.41, 5.74) is 3.77. The Kier molecular flexibility index (Phi) is 5.81. The van der Waals surface area contributed by atoms with Crippen LogP contribution in [0.4, 0.5) is 0 Å². The molecule has 0 unspecified atom stereocenters. The van der Waals surface area contributed by atoms with E-state index in [1.54, 1.807) is 0 Å². The highest BCUT2D eigenvalue weighted by Gasteiger charge is 2.18. The van der Waals surface area contributed by atoms with Gasteiger partial charge in [0.15, 0.2) is 0 Å². The largest absolute Gasteiger partial charge is 0.348 e. The van der Waals surface area contributed by atoms with E-state index in [1.165, 1.54) is 11.1 Å². The third-order valence-electron chi connectivity index (χ3n) is 2.90. The number of aryl methyl sites for hydroxylation is 1. The van der Waals surface area contributed by atoms with Gasteiger partial charge in [-0.15, -0.1) is 0 Å². The van der Waals surface area contributed by atoms with Crippen molar-refractivity contribution in [2.75, 3.05) is 7.05 Å². The lowest BCUT2D eigenvalue weighted by Gasteiger charge is -2.28. The predicted octanol–water partition coefficient (Wildman–Crippen LogP) is 4.17. The molecule has 0 saturated carbocycles. The number of aliphatic imine (C=N–C) groups is 1. The predicted molar refractivity (Wildman–Crippen MR) is 84.0 cm³/mol. The molecule has 0 saturated heterocycles. The molecule has 1 aromatic carbocycles. The van der Waals surface area contributed by atoms with Gasteiger partial charge >= 0.3 is 0 Å². The van der Waals surface area contributed by atoms with Crippen LogP contribution in [0, 0.1) is 6.92 Å². The highest BCUT2D eigenvalue weighted by molar-refractivity contribution is 7.57. The molecule has 0 aromatic heterocycles. The average molecular weight is 264 g/mol. The molecule has 100 valence electrons. The van der Waals surface area contributed by atoms with Crippen molar-refractivity contribution in [1.82, 2.24) is 5.09 Å². The summed E-state index contributed by atoms with van der Waals surface area (Å²) in [4.78, 5) is 4.41. The smallest absolute Gasteiger partial charge is 0.131 e. The zero-order chi connectivity index (χ0) is 13.7. The lowest BCUT2D eigenvalue weighted by molar-refractivity contribution is 0.989. The third kappa shape index (κ3) is 4.10. The van der Waals surface area contributed by atoms with Crippen LogP contribution in [0.2, 0.25) is 0 Å². The zero-order valence-electron chi connectivity index (χ0n) is 12.4. The van der Waals surface area contributed by atoms with Gasteiger partial charge < -0.3 is 5.09 Å². The van der Waals surface area contributed by atoms with Gasteiger partial charge in [0.05, 0.1) is 0 Å². The molecule has 0 bridgehead atoms. The van der Waals surface area contributed by atoms with Crippen LogP contribution in [0.5, 0.6) is 0 Å². The number of hydrogen-bond acceptors (Lipinski definition) is 1. The van der Waals surface area contributed by atoms with E-state index >= 15 is 0 Å². The minimum absolute atomic E-state index is 0.236. The highest BCUT2D eigenvalue weighted by atomic mass is 31.1. The first kappa shape index (κ1) is 15.2. The molecule has 1 N–H and O–H groups in total. The lowest BCUT2D eigenvalue weighted by Crippen LogP contribution is -2.26. The van der Waals surface area contributed by atoms with E-state index in [2.05, 4.69) is 69.0 Å². The Morgan fingerprint density at radius 3 is 1.94 bits per heavy atom. The summed E-state index contributed by atoms with van der Waals surface area (Å²) >= 11 is 0. The molecular formula is C15H25N2P. The van der Waals surface area contributed by atoms with Crippen LogP contribution in [0.1, 0.15) is 38.8 Å². The number of nitrogens with zero attached hydrogens (tertiary/aromatic N) is 1. The molecule has 0 aliphatic carbocycles. The van der Waals surface area contributed by atoms with E-state index in [1.807, 2.05) is 7.05 Å². The molecule has 1 rings (SSSR count). The van der Waals surface area contributed by atoms with Gasteiger partial charge in [0.1, 0.15) is 5.84 Å². The van der Waals surface area contributed by atoms with Gasteiger partial charge in [0, 0.05) is 12.6 Å². The third-order valence-corrected chi connectivity index (χ3v) is 5.59. The second-order valence-electron chi connectivity index (χ2n) is 5.14. The zero-order valence-corrected chi connectivity index (χ0v) is 13.3. The molecule has 0 heterocycles. The standard InChI is InChI=1S/C15H25N2P/c1-11(2)18(12(3)4)17-15(16-6)14-9-7-13(5)8-10-14/h7-12H,1-6H3,(H,16,17). The van der Waals surface area contributed by atoms with Crippen LogP contribution < -0.4 is 5.09 Å². The molecule has 0 aliphatic rings. The van der Waals surface area contributed by atoms with Gasteiger partial charge in [-0.1, -0.05) is 57.5 Å². The normalized spacial score (nSPS) is 12.6. The van der Waals surface area contributed by atoms with Crippen molar-refractivity contribution < 1.29 is 0 Å². The minimum Gasteiger partial charge on any atom is -0.348 e. The van der Waals surface area contributed by atoms with Crippen LogP contribution >= 0.6 is 8.07 Å². The molecule has 0 atom stereocenters. The summed E-state index contributed by atoms with van der Waals surface area (Å²) in [6.07, 6.45) is 0. The van der Waals surface area contributed by atoms with E-state index in [-0.39, 0.29) is 8.07 Å². The van der Waals surface area contributed by atoms with E-state index in [4.69, 9.17) is 0 Å². The van der Waals surface area contributed by atoms with Crippen molar-refractivity contribution in [3.8, 4) is 0 Å². The van der Waals surface area contributed by atoms with E-state index in [0.717, 1.165) is 5.84 Å². The second kappa shape index (κ2) is 6.89.